The molecule has 1 fully saturated rings. The maximum atomic E-state index is 4.42. The van der Waals surface area contributed by atoms with Crippen molar-refractivity contribution in [2.24, 2.45) is 5.41 Å². The Balaban J connectivity index is 2.05. The second-order valence-electron chi connectivity index (χ2n) is 5.54. The Labute approximate surface area is 116 Å². The molecule has 1 aromatic heterocycles. The predicted molar refractivity (Wildman–Crippen MR) is 80.6 cm³/mol. The number of hydrogen-bond acceptors (Lipinski definition) is 4. The smallest absolute Gasteiger partial charge is 0.134 e. The minimum atomic E-state index is 0.545. The summed E-state index contributed by atoms with van der Waals surface area (Å²) in [5.41, 5.74) is 1.75. The van der Waals surface area contributed by atoms with Gasteiger partial charge in [0, 0.05) is 18.7 Å². The van der Waals surface area contributed by atoms with Gasteiger partial charge in [-0.15, -0.1) is 0 Å². The lowest BCUT2D eigenvalue weighted by Crippen LogP contribution is -2.18. The minimum absolute atomic E-state index is 0.545. The normalized spacial score (nSPS) is 16.2. The fourth-order valence-corrected chi connectivity index (χ4v) is 2.71. The van der Waals surface area contributed by atoms with Gasteiger partial charge in [0.25, 0.3) is 0 Å². The molecule has 0 unspecified atom stereocenters. The zero-order valence-corrected chi connectivity index (χ0v) is 12.4. The van der Waals surface area contributed by atoms with Gasteiger partial charge in [0.15, 0.2) is 0 Å². The van der Waals surface area contributed by atoms with Gasteiger partial charge in [0.1, 0.15) is 18.0 Å². The van der Waals surface area contributed by atoms with Crippen molar-refractivity contribution in [1.29, 1.82) is 0 Å². The van der Waals surface area contributed by atoms with Crippen LogP contribution in [0.25, 0.3) is 0 Å². The van der Waals surface area contributed by atoms with Gasteiger partial charge in [-0.25, -0.2) is 9.97 Å². The number of rotatable bonds is 8. The summed E-state index contributed by atoms with van der Waals surface area (Å²) in [5.74, 6) is 1.98. The number of nitrogens with zero attached hydrogens (tertiary/aromatic N) is 2. The Morgan fingerprint density at radius 1 is 1.11 bits per heavy atom. The maximum absolute atomic E-state index is 4.42. The molecule has 0 amide bonds. The van der Waals surface area contributed by atoms with Gasteiger partial charge >= 0.3 is 0 Å². The van der Waals surface area contributed by atoms with Crippen molar-refractivity contribution in [3.8, 4) is 0 Å². The number of anilines is 2. The molecule has 106 valence electrons. The van der Waals surface area contributed by atoms with Crippen LogP contribution in [0.15, 0.2) is 6.33 Å². The molecule has 1 aromatic rings. The molecule has 0 bridgehead atoms. The van der Waals surface area contributed by atoms with Crippen molar-refractivity contribution in [1.82, 2.24) is 9.97 Å². The lowest BCUT2D eigenvalue weighted by Gasteiger charge is -2.18. The Hall–Kier alpha value is -1.32. The summed E-state index contributed by atoms with van der Waals surface area (Å²) < 4.78 is 0. The van der Waals surface area contributed by atoms with E-state index in [-0.39, 0.29) is 0 Å². The van der Waals surface area contributed by atoms with E-state index < -0.39 is 0 Å². The van der Waals surface area contributed by atoms with Crippen LogP contribution >= 0.6 is 0 Å². The first-order valence-electron chi connectivity index (χ1n) is 7.56. The Bertz CT molecular complexity index is 413. The zero-order valence-electron chi connectivity index (χ0n) is 12.4. The first-order chi connectivity index (χ1) is 9.24. The van der Waals surface area contributed by atoms with Crippen molar-refractivity contribution >= 4 is 11.6 Å². The summed E-state index contributed by atoms with van der Waals surface area (Å²) >= 11 is 0. The summed E-state index contributed by atoms with van der Waals surface area (Å²) in [6.45, 7) is 8.46. The van der Waals surface area contributed by atoms with E-state index in [9.17, 15) is 0 Å². The molecule has 0 radical (unpaired) electrons. The highest BCUT2D eigenvalue weighted by atomic mass is 15.1. The van der Waals surface area contributed by atoms with Gasteiger partial charge in [0.05, 0.1) is 0 Å². The highest BCUT2D eigenvalue weighted by molar-refractivity contribution is 5.57. The molecule has 1 aliphatic rings. The third-order valence-corrected chi connectivity index (χ3v) is 4.01. The quantitative estimate of drug-likeness (QED) is 0.753. The van der Waals surface area contributed by atoms with E-state index in [1.165, 1.54) is 31.2 Å². The largest absolute Gasteiger partial charge is 0.370 e. The standard InChI is InChI=1S/C15H26N4/c1-4-7-15(8-9-15)10-17-14-12(5-2)13(16-6-3)18-11-19-14/h11H,4-10H2,1-3H3,(H2,16,17,18,19). The second-order valence-corrected chi connectivity index (χ2v) is 5.54. The first-order valence-corrected chi connectivity index (χ1v) is 7.56. The molecule has 1 aliphatic carbocycles. The van der Waals surface area contributed by atoms with Crippen molar-refractivity contribution in [3.05, 3.63) is 11.9 Å². The molecule has 0 atom stereocenters. The topological polar surface area (TPSA) is 49.8 Å². The molecule has 2 rings (SSSR count). The van der Waals surface area contributed by atoms with Crippen LogP contribution in [0.2, 0.25) is 0 Å². The van der Waals surface area contributed by atoms with Gasteiger partial charge in [0.2, 0.25) is 0 Å². The molecule has 19 heavy (non-hydrogen) atoms. The van der Waals surface area contributed by atoms with E-state index in [4.69, 9.17) is 0 Å². The molecule has 0 aromatic carbocycles. The highest BCUT2D eigenvalue weighted by Crippen LogP contribution is 2.49. The van der Waals surface area contributed by atoms with Gasteiger partial charge in [-0.05, 0) is 38.0 Å². The lowest BCUT2D eigenvalue weighted by atomic mass is 10.0. The highest BCUT2D eigenvalue weighted by Gasteiger charge is 2.41. The second kappa shape index (κ2) is 6.22. The molecule has 0 aliphatic heterocycles. The summed E-state index contributed by atoms with van der Waals surface area (Å²) in [6, 6.07) is 0. The molecule has 0 spiro atoms. The van der Waals surface area contributed by atoms with E-state index in [0.717, 1.165) is 31.1 Å². The third kappa shape index (κ3) is 3.37. The van der Waals surface area contributed by atoms with Crippen LogP contribution < -0.4 is 10.6 Å². The van der Waals surface area contributed by atoms with Crippen molar-refractivity contribution in [2.45, 2.75) is 52.9 Å². The molecule has 2 N–H and O–H groups in total. The SMILES string of the molecule is CCCC1(CNc2ncnc(NCC)c2CC)CC1. The lowest BCUT2D eigenvalue weighted by molar-refractivity contribution is 0.485. The van der Waals surface area contributed by atoms with Crippen LogP contribution in [0.3, 0.4) is 0 Å². The summed E-state index contributed by atoms with van der Waals surface area (Å²) in [6.07, 6.45) is 7.92. The average molecular weight is 262 g/mol. The Morgan fingerprint density at radius 3 is 2.32 bits per heavy atom. The van der Waals surface area contributed by atoms with Crippen molar-refractivity contribution in [2.75, 3.05) is 23.7 Å². The van der Waals surface area contributed by atoms with Crippen molar-refractivity contribution in [3.63, 3.8) is 0 Å². The van der Waals surface area contributed by atoms with Crippen LogP contribution in [-0.2, 0) is 6.42 Å². The maximum Gasteiger partial charge on any atom is 0.134 e. The van der Waals surface area contributed by atoms with Crippen LogP contribution in [-0.4, -0.2) is 23.1 Å². The monoisotopic (exact) mass is 262 g/mol. The van der Waals surface area contributed by atoms with Crippen molar-refractivity contribution < 1.29 is 0 Å². The van der Waals surface area contributed by atoms with Crippen LogP contribution in [0.5, 0.6) is 0 Å². The Kier molecular flexibility index (Phi) is 4.61. The van der Waals surface area contributed by atoms with E-state index in [0.29, 0.717) is 5.41 Å². The number of nitrogens with one attached hydrogen (secondary N) is 2. The van der Waals surface area contributed by atoms with Gasteiger partial charge < -0.3 is 10.6 Å². The summed E-state index contributed by atoms with van der Waals surface area (Å²) in [5, 5.41) is 6.87. The van der Waals surface area contributed by atoms with Crippen LogP contribution in [0, 0.1) is 5.41 Å². The molecule has 4 nitrogen and oxygen atoms in total. The third-order valence-electron chi connectivity index (χ3n) is 4.01. The fraction of sp³-hybridized carbons (Fsp3) is 0.733. The van der Waals surface area contributed by atoms with E-state index >= 15 is 0 Å². The van der Waals surface area contributed by atoms with E-state index in [1.54, 1.807) is 6.33 Å². The molecule has 1 heterocycles. The van der Waals surface area contributed by atoms with Gasteiger partial charge in [-0.1, -0.05) is 20.3 Å². The zero-order chi connectivity index (χ0) is 13.7. The molecule has 1 saturated carbocycles. The fourth-order valence-electron chi connectivity index (χ4n) is 2.71. The van der Waals surface area contributed by atoms with Gasteiger partial charge in [-0.2, -0.15) is 0 Å². The molecular weight excluding hydrogens is 236 g/mol. The Morgan fingerprint density at radius 2 is 1.79 bits per heavy atom. The first kappa shape index (κ1) is 14.1. The van der Waals surface area contributed by atoms with E-state index in [2.05, 4.69) is 41.4 Å². The van der Waals surface area contributed by atoms with Gasteiger partial charge in [-0.3, -0.25) is 0 Å². The van der Waals surface area contributed by atoms with E-state index in [1.807, 2.05) is 0 Å². The molecular formula is C15H26N4. The van der Waals surface area contributed by atoms with Crippen LogP contribution in [0.1, 0.15) is 52.0 Å². The minimum Gasteiger partial charge on any atom is -0.370 e. The number of hydrogen-bond donors (Lipinski definition) is 2. The molecule has 4 heteroatoms. The summed E-state index contributed by atoms with van der Waals surface area (Å²) in [4.78, 5) is 8.76. The average Bonchev–Trinajstić information content (AvgIpc) is 3.18. The predicted octanol–water partition coefficient (Wildman–Crippen LogP) is 3.46. The van der Waals surface area contributed by atoms with Crippen LogP contribution in [0.4, 0.5) is 11.6 Å². The summed E-state index contributed by atoms with van der Waals surface area (Å²) in [7, 11) is 0. The molecule has 0 saturated heterocycles. The number of aromatic nitrogens is 2.